The summed E-state index contributed by atoms with van der Waals surface area (Å²) in [6, 6.07) is 13.4. The van der Waals surface area contributed by atoms with Crippen molar-refractivity contribution in [1.82, 2.24) is 10.2 Å². The van der Waals surface area contributed by atoms with Crippen molar-refractivity contribution in [3.05, 3.63) is 35.9 Å². The van der Waals surface area contributed by atoms with Crippen LogP contribution < -0.4 is 5.32 Å². The highest BCUT2D eigenvalue weighted by molar-refractivity contribution is 5.25. The monoisotopic (exact) mass is 309 g/mol. The SMILES string of the molecule is N#CCC1(N2CCC(C[C@@H]3CC3c3ccccc3)CC2)CNC1. The fourth-order valence-corrected chi connectivity index (χ4v) is 4.71. The predicted octanol–water partition coefficient (Wildman–Crippen LogP) is 3.15. The zero-order valence-electron chi connectivity index (χ0n) is 13.9. The molecule has 0 bridgehead atoms. The first-order valence-electron chi connectivity index (χ1n) is 9.18. The first-order valence-corrected chi connectivity index (χ1v) is 9.18. The molecular weight excluding hydrogens is 282 g/mol. The molecule has 0 amide bonds. The number of nitrogens with one attached hydrogen (secondary N) is 1. The van der Waals surface area contributed by atoms with Crippen LogP contribution in [0, 0.1) is 23.2 Å². The largest absolute Gasteiger partial charge is 0.313 e. The van der Waals surface area contributed by atoms with E-state index in [0.29, 0.717) is 6.42 Å². The Kier molecular flexibility index (Phi) is 4.13. The molecule has 2 heterocycles. The van der Waals surface area contributed by atoms with Crippen molar-refractivity contribution in [3.8, 4) is 6.07 Å². The lowest BCUT2D eigenvalue weighted by molar-refractivity contribution is 0.0114. The van der Waals surface area contributed by atoms with Crippen LogP contribution in [-0.4, -0.2) is 36.6 Å². The van der Waals surface area contributed by atoms with E-state index in [2.05, 4.69) is 46.6 Å². The number of likely N-dealkylation sites (tertiary alicyclic amines) is 1. The third-order valence-corrected chi connectivity index (χ3v) is 6.39. The van der Waals surface area contributed by atoms with E-state index in [1.54, 1.807) is 5.56 Å². The van der Waals surface area contributed by atoms with Crippen molar-refractivity contribution < 1.29 is 0 Å². The van der Waals surface area contributed by atoms with E-state index in [9.17, 15) is 0 Å². The van der Waals surface area contributed by atoms with Gasteiger partial charge in [0, 0.05) is 13.1 Å². The minimum absolute atomic E-state index is 0.159. The van der Waals surface area contributed by atoms with E-state index in [1.165, 1.54) is 38.8 Å². The van der Waals surface area contributed by atoms with Crippen LogP contribution >= 0.6 is 0 Å². The van der Waals surface area contributed by atoms with Gasteiger partial charge in [-0.05, 0) is 62.1 Å². The number of nitrogens with zero attached hydrogens (tertiary/aromatic N) is 2. The molecule has 1 N–H and O–H groups in total. The first-order chi connectivity index (χ1) is 11.3. The lowest BCUT2D eigenvalue weighted by Gasteiger charge is -2.52. The fourth-order valence-electron chi connectivity index (χ4n) is 4.71. The number of nitriles is 1. The summed E-state index contributed by atoms with van der Waals surface area (Å²) >= 11 is 0. The van der Waals surface area contributed by atoms with Gasteiger partial charge in [-0.1, -0.05) is 30.3 Å². The van der Waals surface area contributed by atoms with Crippen LogP contribution in [0.15, 0.2) is 30.3 Å². The summed E-state index contributed by atoms with van der Waals surface area (Å²) in [4.78, 5) is 2.60. The maximum absolute atomic E-state index is 9.11. The van der Waals surface area contributed by atoms with E-state index >= 15 is 0 Å². The van der Waals surface area contributed by atoms with Crippen molar-refractivity contribution in [1.29, 1.82) is 5.26 Å². The summed E-state index contributed by atoms with van der Waals surface area (Å²) in [6.45, 7) is 4.39. The predicted molar refractivity (Wildman–Crippen MR) is 92.0 cm³/mol. The van der Waals surface area contributed by atoms with Gasteiger partial charge in [0.15, 0.2) is 0 Å². The molecule has 0 spiro atoms. The fraction of sp³-hybridized carbons (Fsp3) is 0.650. The maximum Gasteiger partial charge on any atom is 0.0642 e. The molecule has 2 aliphatic heterocycles. The van der Waals surface area contributed by atoms with Crippen LogP contribution in [0.5, 0.6) is 0 Å². The minimum atomic E-state index is 0.159. The normalized spacial score (nSPS) is 30.4. The second kappa shape index (κ2) is 6.26. The van der Waals surface area contributed by atoms with Crippen LogP contribution in [-0.2, 0) is 0 Å². The van der Waals surface area contributed by atoms with E-state index in [1.807, 2.05) is 0 Å². The van der Waals surface area contributed by atoms with Gasteiger partial charge in [0.05, 0.1) is 18.0 Å². The standard InChI is InChI=1S/C20H27N3/c21-9-8-20(14-22-15-20)23-10-6-16(7-11-23)12-18-13-19(18)17-4-2-1-3-5-17/h1-5,16,18-19,22H,6-8,10-15H2/t18-,19?/m1/s1. The van der Waals surface area contributed by atoms with E-state index in [0.717, 1.165) is 30.8 Å². The molecule has 4 rings (SSSR count). The van der Waals surface area contributed by atoms with Crippen molar-refractivity contribution in [2.75, 3.05) is 26.2 Å². The van der Waals surface area contributed by atoms with Crippen molar-refractivity contribution in [2.45, 2.75) is 43.6 Å². The molecule has 1 saturated carbocycles. The van der Waals surface area contributed by atoms with Crippen LogP contribution in [0.1, 0.15) is 43.6 Å². The molecule has 3 fully saturated rings. The Morgan fingerprint density at radius 1 is 1.17 bits per heavy atom. The smallest absolute Gasteiger partial charge is 0.0642 e. The Labute approximate surface area is 139 Å². The Hall–Kier alpha value is -1.37. The molecular formula is C20H27N3. The Balaban J connectivity index is 1.26. The lowest BCUT2D eigenvalue weighted by atomic mass is 9.82. The molecule has 1 aromatic rings. The van der Waals surface area contributed by atoms with Crippen LogP contribution in [0.2, 0.25) is 0 Å². The average molecular weight is 309 g/mol. The molecule has 1 unspecified atom stereocenters. The molecule has 0 radical (unpaired) electrons. The van der Waals surface area contributed by atoms with Gasteiger partial charge in [-0.15, -0.1) is 0 Å². The average Bonchev–Trinajstić information content (AvgIpc) is 3.32. The van der Waals surface area contributed by atoms with Gasteiger partial charge in [-0.25, -0.2) is 0 Å². The molecule has 1 aromatic carbocycles. The van der Waals surface area contributed by atoms with Crippen LogP contribution in [0.25, 0.3) is 0 Å². The molecule has 1 aliphatic carbocycles. The highest BCUT2D eigenvalue weighted by atomic mass is 15.3. The minimum Gasteiger partial charge on any atom is -0.313 e. The Bertz CT molecular complexity index is 564. The first kappa shape index (κ1) is 15.2. The molecule has 23 heavy (non-hydrogen) atoms. The summed E-state index contributed by atoms with van der Waals surface area (Å²) in [5.74, 6) is 2.65. The zero-order chi connectivity index (χ0) is 15.7. The van der Waals surface area contributed by atoms with Crippen LogP contribution in [0.3, 0.4) is 0 Å². The molecule has 2 atom stereocenters. The summed E-state index contributed by atoms with van der Waals surface area (Å²) in [5, 5.41) is 12.5. The van der Waals surface area contributed by atoms with Crippen LogP contribution in [0.4, 0.5) is 0 Å². The zero-order valence-corrected chi connectivity index (χ0v) is 13.9. The molecule has 0 aromatic heterocycles. The van der Waals surface area contributed by atoms with Crippen molar-refractivity contribution in [3.63, 3.8) is 0 Å². The van der Waals surface area contributed by atoms with Gasteiger partial charge >= 0.3 is 0 Å². The molecule has 122 valence electrons. The van der Waals surface area contributed by atoms with Crippen molar-refractivity contribution in [2.24, 2.45) is 11.8 Å². The van der Waals surface area contributed by atoms with E-state index < -0.39 is 0 Å². The maximum atomic E-state index is 9.11. The molecule has 3 nitrogen and oxygen atoms in total. The summed E-state index contributed by atoms with van der Waals surface area (Å²) in [7, 11) is 0. The summed E-state index contributed by atoms with van der Waals surface area (Å²) in [5.41, 5.74) is 1.70. The Morgan fingerprint density at radius 3 is 2.52 bits per heavy atom. The third-order valence-electron chi connectivity index (χ3n) is 6.39. The lowest BCUT2D eigenvalue weighted by Crippen LogP contribution is -2.69. The van der Waals surface area contributed by atoms with Gasteiger partial charge in [0.25, 0.3) is 0 Å². The summed E-state index contributed by atoms with van der Waals surface area (Å²) in [6.07, 6.45) is 6.14. The second-order valence-corrected chi connectivity index (χ2v) is 7.84. The summed E-state index contributed by atoms with van der Waals surface area (Å²) < 4.78 is 0. The van der Waals surface area contributed by atoms with E-state index in [4.69, 9.17) is 5.26 Å². The highest BCUT2D eigenvalue weighted by Crippen LogP contribution is 2.51. The van der Waals surface area contributed by atoms with Gasteiger partial charge in [0.1, 0.15) is 0 Å². The number of hydrogen-bond acceptors (Lipinski definition) is 3. The van der Waals surface area contributed by atoms with Crippen molar-refractivity contribution >= 4 is 0 Å². The molecule has 3 heteroatoms. The van der Waals surface area contributed by atoms with Gasteiger partial charge in [-0.2, -0.15) is 5.26 Å². The molecule has 2 saturated heterocycles. The highest BCUT2D eigenvalue weighted by Gasteiger charge is 2.45. The van der Waals surface area contributed by atoms with Gasteiger partial charge in [0.2, 0.25) is 0 Å². The number of hydrogen-bond donors (Lipinski definition) is 1. The molecule has 3 aliphatic rings. The number of piperidine rings is 1. The number of rotatable bonds is 5. The number of benzene rings is 1. The third kappa shape index (κ3) is 3.03. The second-order valence-electron chi connectivity index (χ2n) is 7.84. The quantitative estimate of drug-likeness (QED) is 0.908. The van der Waals surface area contributed by atoms with E-state index in [-0.39, 0.29) is 5.54 Å². The van der Waals surface area contributed by atoms with Gasteiger partial charge in [-0.3, -0.25) is 4.90 Å². The Morgan fingerprint density at radius 2 is 1.91 bits per heavy atom. The van der Waals surface area contributed by atoms with Gasteiger partial charge < -0.3 is 5.32 Å². The topological polar surface area (TPSA) is 39.1 Å².